The number of aliphatic hydroxyl groups excluding tert-OH is 1. The number of rotatable bonds is 12. The van der Waals surface area contributed by atoms with Gasteiger partial charge in [-0.1, -0.05) is 78.6 Å². The van der Waals surface area contributed by atoms with Crippen LogP contribution in [0.5, 0.6) is 0 Å². The second kappa shape index (κ2) is 15.0. The van der Waals surface area contributed by atoms with E-state index in [0.29, 0.717) is 43.2 Å². The Morgan fingerprint density at radius 1 is 1.02 bits per heavy atom. The number of fused-ring (bicyclic) bond motifs is 7. The Morgan fingerprint density at radius 2 is 1.72 bits per heavy atom. The van der Waals surface area contributed by atoms with Crippen LogP contribution in [0.4, 0.5) is 0 Å². The molecule has 9 atom stereocenters. The lowest BCUT2D eigenvalue weighted by Crippen LogP contribution is -2.63. The fourth-order valence-electron chi connectivity index (χ4n) is 13.4. The third-order valence-corrected chi connectivity index (χ3v) is 16.0. The number of halogens is 1. The summed E-state index contributed by atoms with van der Waals surface area (Å²) in [5, 5.41) is 16.6. The minimum Gasteiger partial charge on any atom is -0.462 e. The van der Waals surface area contributed by atoms with Gasteiger partial charge in [-0.2, -0.15) is 0 Å². The number of ether oxygens (including phenoxy) is 1. The van der Waals surface area contributed by atoms with Crippen molar-refractivity contribution >= 4 is 29.6 Å². The highest BCUT2D eigenvalue weighted by molar-refractivity contribution is 6.30. The fraction of sp³-hybridized carbons (Fsp3) is 0.761. The summed E-state index contributed by atoms with van der Waals surface area (Å²) in [7, 11) is 4.11. The van der Waals surface area contributed by atoms with Crippen molar-refractivity contribution in [3.05, 3.63) is 45.5 Å². The lowest BCUT2D eigenvalue weighted by atomic mass is 9.36. The van der Waals surface area contributed by atoms with Crippen LogP contribution in [0.3, 0.4) is 0 Å². The van der Waals surface area contributed by atoms with Crippen LogP contribution in [-0.4, -0.2) is 60.9 Å². The first-order valence-corrected chi connectivity index (χ1v) is 21.3. The Hall–Kier alpha value is -2.06. The molecule has 300 valence electrons. The normalized spacial score (nSPS) is 35.3. The lowest BCUT2D eigenvalue weighted by molar-refractivity contribution is -0.214. The van der Waals surface area contributed by atoms with Gasteiger partial charge in [-0.05, 0) is 135 Å². The monoisotopic (exact) mass is 764 g/mol. The molecule has 6 rings (SSSR count). The fourth-order valence-corrected chi connectivity index (χ4v) is 13.6. The van der Waals surface area contributed by atoms with Crippen LogP contribution in [0, 0.1) is 56.7 Å². The van der Waals surface area contributed by atoms with E-state index in [2.05, 4.69) is 71.9 Å². The Kier molecular flexibility index (Phi) is 11.6. The van der Waals surface area contributed by atoms with Gasteiger partial charge in [0.05, 0.1) is 12.5 Å². The van der Waals surface area contributed by atoms with E-state index < -0.39 is 16.9 Å². The van der Waals surface area contributed by atoms with Gasteiger partial charge in [0.2, 0.25) is 0 Å². The Balaban J connectivity index is 1.22. The van der Waals surface area contributed by atoms with Gasteiger partial charge < -0.3 is 24.9 Å². The highest BCUT2D eigenvalue weighted by Gasteiger charge is 2.67. The third kappa shape index (κ3) is 7.19. The highest BCUT2D eigenvalue weighted by Crippen LogP contribution is 2.73. The van der Waals surface area contributed by atoms with Crippen LogP contribution in [0.25, 0.3) is 0 Å². The van der Waals surface area contributed by atoms with Gasteiger partial charge in [-0.25, -0.2) is 0 Å². The van der Waals surface area contributed by atoms with Crippen molar-refractivity contribution in [3.63, 3.8) is 0 Å². The predicted octanol–water partition coefficient (Wildman–Crippen LogP) is 8.97. The molecule has 0 amide bonds. The Morgan fingerprint density at radius 3 is 2.39 bits per heavy atom. The third-order valence-electron chi connectivity index (χ3n) is 15.7. The molecular formula is C46H69ClN2O5. The summed E-state index contributed by atoms with van der Waals surface area (Å²) in [4.78, 5) is 40.8. The van der Waals surface area contributed by atoms with Crippen molar-refractivity contribution in [3.8, 4) is 0 Å². The summed E-state index contributed by atoms with van der Waals surface area (Å²) < 4.78 is 6.22. The molecule has 0 spiro atoms. The van der Waals surface area contributed by atoms with Gasteiger partial charge in [0.1, 0.15) is 12.4 Å². The molecule has 4 saturated carbocycles. The molecule has 0 aliphatic heterocycles. The van der Waals surface area contributed by atoms with Crippen LogP contribution in [-0.2, 0) is 32.2 Å². The number of benzene rings is 1. The van der Waals surface area contributed by atoms with E-state index in [0.717, 1.165) is 74.8 Å². The summed E-state index contributed by atoms with van der Waals surface area (Å²) in [5.74, 6) is 1.88. The number of carbonyl (C=O) groups excluding carboxylic acids is 3. The lowest BCUT2D eigenvalue weighted by Gasteiger charge is -2.69. The number of Topliss-reactive ketones (excluding diaryl/α,β-unsaturated/α-hetero) is 1. The van der Waals surface area contributed by atoms with Crippen molar-refractivity contribution in [2.45, 2.75) is 145 Å². The summed E-state index contributed by atoms with van der Waals surface area (Å²) in [6.07, 6.45) is 8.77. The van der Waals surface area contributed by atoms with Crippen molar-refractivity contribution in [1.29, 1.82) is 0 Å². The molecule has 1 aromatic rings. The zero-order valence-electron chi connectivity index (χ0n) is 34.9. The molecule has 5 aliphatic rings. The molecule has 0 saturated heterocycles. The first-order valence-electron chi connectivity index (χ1n) is 20.9. The van der Waals surface area contributed by atoms with E-state index in [1.165, 1.54) is 16.7 Å². The molecule has 7 nitrogen and oxygen atoms in total. The molecule has 0 bridgehead atoms. The molecule has 9 unspecified atom stereocenters. The van der Waals surface area contributed by atoms with Gasteiger partial charge in [0, 0.05) is 47.3 Å². The smallest absolute Gasteiger partial charge is 0.307 e. The number of hydrogen-bond acceptors (Lipinski definition) is 7. The summed E-state index contributed by atoms with van der Waals surface area (Å²) in [6, 6.07) is 6.05. The largest absolute Gasteiger partial charge is 0.462 e. The minimum absolute atomic E-state index is 0.109. The molecule has 0 heterocycles. The van der Waals surface area contributed by atoms with Crippen LogP contribution in [0.2, 0.25) is 5.02 Å². The van der Waals surface area contributed by atoms with Gasteiger partial charge in [-0.15, -0.1) is 0 Å². The molecule has 5 aliphatic carbocycles. The first kappa shape index (κ1) is 41.6. The van der Waals surface area contributed by atoms with Crippen molar-refractivity contribution < 1.29 is 24.2 Å². The molecule has 4 fully saturated rings. The van der Waals surface area contributed by atoms with E-state index in [1.807, 2.05) is 12.1 Å². The number of esters is 1. The maximum atomic E-state index is 14.1. The van der Waals surface area contributed by atoms with Crippen molar-refractivity contribution in [1.82, 2.24) is 10.2 Å². The van der Waals surface area contributed by atoms with E-state index in [-0.39, 0.29) is 46.4 Å². The molecule has 2 N–H and O–H groups in total. The number of carbonyl (C=O) groups is 3. The number of nitrogens with one attached hydrogen (secondary N) is 1. The van der Waals surface area contributed by atoms with Crippen LogP contribution < -0.4 is 5.32 Å². The van der Waals surface area contributed by atoms with Crippen molar-refractivity contribution in [2.24, 2.45) is 56.7 Å². The number of nitrogens with zero attached hydrogens (tertiary/aromatic N) is 1. The second-order valence-corrected chi connectivity index (χ2v) is 21.1. The van der Waals surface area contributed by atoms with Gasteiger partial charge in [0.15, 0.2) is 5.78 Å². The maximum absolute atomic E-state index is 14.1. The quantitative estimate of drug-likeness (QED) is 0.162. The van der Waals surface area contributed by atoms with Gasteiger partial charge in [-0.3, -0.25) is 9.59 Å². The van der Waals surface area contributed by atoms with E-state index >= 15 is 0 Å². The predicted molar refractivity (Wildman–Crippen MR) is 216 cm³/mol. The summed E-state index contributed by atoms with van der Waals surface area (Å²) in [5.41, 5.74) is 3.54. The average molecular weight is 766 g/mol. The minimum atomic E-state index is -0.720. The van der Waals surface area contributed by atoms with Gasteiger partial charge in [0.25, 0.3) is 0 Å². The van der Waals surface area contributed by atoms with Gasteiger partial charge >= 0.3 is 5.97 Å². The number of hydrogen-bond donors (Lipinski definition) is 2. The van der Waals surface area contributed by atoms with Crippen LogP contribution >= 0.6 is 11.6 Å². The number of aliphatic hydroxyl groups is 1. The van der Waals surface area contributed by atoms with Crippen LogP contribution in [0.15, 0.2) is 29.3 Å². The Labute approximate surface area is 330 Å². The van der Waals surface area contributed by atoms with E-state index in [9.17, 15) is 19.5 Å². The molecule has 0 radical (unpaired) electrons. The molecule has 8 heteroatoms. The summed E-state index contributed by atoms with van der Waals surface area (Å²) in [6.45, 7) is 19.5. The zero-order valence-corrected chi connectivity index (χ0v) is 35.7. The van der Waals surface area contributed by atoms with E-state index in [4.69, 9.17) is 16.3 Å². The highest BCUT2D eigenvalue weighted by atomic mass is 35.5. The standard InChI is InChI=1S/C46H69ClN2O5/c1-28(2)40-34(51)22-46(37(52)25-48-24-29-11-12-31(47)21-30(29)26-49(9)10)20-15-33-32(41(40)46)13-14-36-44(33,7)18-16-35-43(5,6)38(17-19-45(35,36)8)54-39(53)23-42(3,4)27-50/h11-12,21,27-28,32-33,35-38,48,52H,13-20,22-26H2,1-10H3. The first-order chi connectivity index (χ1) is 25.2. The van der Waals surface area contributed by atoms with E-state index in [1.54, 1.807) is 13.8 Å². The molecule has 0 aromatic heterocycles. The number of ketones is 1. The SMILES string of the molecule is CC(C)C1=C2C3CCC4C(C)(CCC5C(C)(C)C(OC(=O)CC(C)(C)C=O)CCC54C)C3CCC2(C(O)CNCc2ccc(Cl)cc2CN(C)C)CC1=O. The molecule has 1 aromatic carbocycles. The molecule has 54 heavy (non-hydrogen) atoms. The summed E-state index contributed by atoms with van der Waals surface area (Å²) >= 11 is 6.36. The topological polar surface area (TPSA) is 95.9 Å². The average Bonchev–Trinajstić information content (AvgIpc) is 3.40. The van der Waals surface area contributed by atoms with Crippen LogP contribution in [0.1, 0.15) is 131 Å². The zero-order chi connectivity index (χ0) is 39.6. The second-order valence-electron chi connectivity index (χ2n) is 20.6. The number of aldehydes is 1. The maximum Gasteiger partial charge on any atom is 0.307 e. The Bertz CT molecular complexity index is 1650. The molecular weight excluding hydrogens is 696 g/mol. The number of allylic oxidation sites excluding steroid dienone is 1. The van der Waals surface area contributed by atoms with Crippen molar-refractivity contribution in [2.75, 3.05) is 20.6 Å².